The highest BCUT2D eigenvalue weighted by molar-refractivity contribution is 7.26. The first-order valence-corrected chi connectivity index (χ1v) is 12.0. The Kier molecular flexibility index (Phi) is 5.89. The largest absolute Gasteiger partial charge is 0.451 e. The average molecular weight is 478 g/mol. The van der Waals surface area contributed by atoms with E-state index in [2.05, 4.69) is 15.6 Å². The number of nitrogens with one attached hydrogen (secondary N) is 2. The number of carbonyl (C=O) groups excluding carboxylic acids is 3. The van der Waals surface area contributed by atoms with Crippen molar-refractivity contribution < 1.29 is 19.1 Å². The van der Waals surface area contributed by atoms with Gasteiger partial charge in [-0.05, 0) is 49.2 Å². The summed E-state index contributed by atoms with van der Waals surface area (Å²) in [4.78, 5) is 43.0. The van der Waals surface area contributed by atoms with Gasteiger partial charge in [0.05, 0.1) is 26.3 Å². The Bertz CT molecular complexity index is 1320. The van der Waals surface area contributed by atoms with Crippen molar-refractivity contribution in [3.8, 4) is 9.88 Å². The molecule has 0 unspecified atom stereocenters. The molecule has 33 heavy (non-hydrogen) atoms. The highest BCUT2D eigenvalue weighted by Crippen LogP contribution is 2.34. The lowest BCUT2D eigenvalue weighted by atomic mass is 10.1. The molecule has 0 atom stereocenters. The molecule has 1 fully saturated rings. The van der Waals surface area contributed by atoms with E-state index < -0.39 is 18.5 Å². The first kappa shape index (κ1) is 21.3. The summed E-state index contributed by atoms with van der Waals surface area (Å²) in [5.74, 6) is -1.33. The third-order valence-electron chi connectivity index (χ3n) is 5.00. The first-order chi connectivity index (χ1) is 16.1. The number of ether oxygens (including phenoxy) is 1. The fourth-order valence-corrected chi connectivity index (χ4v) is 5.13. The van der Waals surface area contributed by atoms with Crippen LogP contribution in [0.15, 0.2) is 60.7 Å². The van der Waals surface area contributed by atoms with Crippen molar-refractivity contribution in [1.82, 2.24) is 10.3 Å². The lowest BCUT2D eigenvalue weighted by Gasteiger charge is -2.11. The molecule has 0 saturated heterocycles. The van der Waals surface area contributed by atoms with Gasteiger partial charge in [0.15, 0.2) is 6.61 Å². The van der Waals surface area contributed by atoms with Crippen molar-refractivity contribution in [1.29, 1.82) is 0 Å². The van der Waals surface area contributed by atoms with Crippen molar-refractivity contribution >= 4 is 56.4 Å². The third kappa shape index (κ3) is 4.94. The number of benzene rings is 2. The number of amides is 2. The molecule has 0 spiro atoms. The summed E-state index contributed by atoms with van der Waals surface area (Å²) in [5, 5.41) is 6.39. The summed E-state index contributed by atoms with van der Waals surface area (Å²) >= 11 is 2.83. The van der Waals surface area contributed by atoms with E-state index >= 15 is 0 Å². The minimum absolute atomic E-state index is 0.209. The molecule has 7 nitrogen and oxygen atoms in total. The maximum atomic E-state index is 12.4. The summed E-state index contributed by atoms with van der Waals surface area (Å²) in [5.41, 5.74) is 1.67. The van der Waals surface area contributed by atoms with Crippen molar-refractivity contribution in [2.24, 2.45) is 0 Å². The van der Waals surface area contributed by atoms with Crippen molar-refractivity contribution in [3.63, 3.8) is 0 Å². The second kappa shape index (κ2) is 9.13. The number of rotatable bonds is 7. The van der Waals surface area contributed by atoms with Crippen LogP contribution in [0, 0.1) is 0 Å². The molecule has 5 rings (SSSR count). The van der Waals surface area contributed by atoms with Crippen LogP contribution in [0.25, 0.3) is 20.1 Å². The number of thiazole rings is 1. The van der Waals surface area contributed by atoms with Gasteiger partial charge in [0.25, 0.3) is 11.8 Å². The maximum absolute atomic E-state index is 12.4. The average Bonchev–Trinajstić information content (AvgIpc) is 3.32. The van der Waals surface area contributed by atoms with Crippen LogP contribution in [-0.4, -0.2) is 35.4 Å². The van der Waals surface area contributed by atoms with Crippen LogP contribution < -0.4 is 10.6 Å². The summed E-state index contributed by atoms with van der Waals surface area (Å²) < 4.78 is 6.26. The van der Waals surface area contributed by atoms with Gasteiger partial charge in [-0.3, -0.25) is 9.59 Å². The standard InChI is InChI=1S/C24H19N3O4S2/c28-21(26-16-6-2-1-5-15(16)22(29)25-14-9-10-14)13-31-24(30)20-12-11-19(32-20)23-27-17-7-3-4-8-18(17)33-23/h1-8,11-12,14H,9-10,13H2,(H,25,29)(H,26,28). The van der Waals surface area contributed by atoms with Gasteiger partial charge in [0.1, 0.15) is 9.88 Å². The monoisotopic (exact) mass is 477 g/mol. The lowest BCUT2D eigenvalue weighted by molar-refractivity contribution is -0.119. The quantitative estimate of drug-likeness (QED) is 0.376. The molecule has 0 bridgehead atoms. The number of fused-ring (bicyclic) bond motifs is 1. The van der Waals surface area contributed by atoms with Gasteiger partial charge in [0.2, 0.25) is 0 Å². The van der Waals surface area contributed by atoms with E-state index in [0.29, 0.717) is 16.1 Å². The highest BCUT2D eigenvalue weighted by atomic mass is 32.1. The summed E-state index contributed by atoms with van der Waals surface area (Å²) in [7, 11) is 0. The molecule has 2 N–H and O–H groups in total. The van der Waals surface area contributed by atoms with E-state index in [4.69, 9.17) is 4.74 Å². The Morgan fingerprint density at radius 3 is 2.58 bits per heavy atom. The van der Waals surface area contributed by atoms with E-state index in [-0.39, 0.29) is 11.9 Å². The molecule has 2 aromatic carbocycles. The minimum atomic E-state index is -0.581. The van der Waals surface area contributed by atoms with Crippen molar-refractivity contribution in [3.05, 3.63) is 71.1 Å². The molecule has 0 radical (unpaired) electrons. The molecule has 1 saturated carbocycles. The summed E-state index contributed by atoms with van der Waals surface area (Å²) in [6, 6.07) is 18.3. The molecule has 2 aromatic heterocycles. The normalized spacial score (nSPS) is 13.0. The number of thiophene rings is 1. The Hall–Kier alpha value is -3.56. The Morgan fingerprint density at radius 1 is 0.970 bits per heavy atom. The van der Waals surface area contributed by atoms with Crippen LogP contribution in [0.3, 0.4) is 0 Å². The Morgan fingerprint density at radius 2 is 1.76 bits per heavy atom. The Labute approximate surface area is 197 Å². The number of esters is 1. The minimum Gasteiger partial charge on any atom is -0.451 e. The number of para-hydroxylation sites is 2. The molecular formula is C24H19N3O4S2. The van der Waals surface area contributed by atoms with Gasteiger partial charge >= 0.3 is 5.97 Å². The van der Waals surface area contributed by atoms with E-state index in [9.17, 15) is 14.4 Å². The SMILES string of the molecule is O=C(COC(=O)c1ccc(-c2nc3ccccc3s2)s1)Nc1ccccc1C(=O)NC1CC1. The molecule has 166 valence electrons. The fraction of sp³-hybridized carbons (Fsp3) is 0.167. The van der Waals surface area contributed by atoms with Gasteiger partial charge in [-0.15, -0.1) is 22.7 Å². The van der Waals surface area contributed by atoms with E-state index in [1.165, 1.54) is 11.3 Å². The van der Waals surface area contributed by atoms with Gasteiger partial charge in [0, 0.05) is 6.04 Å². The molecule has 9 heteroatoms. The fourth-order valence-electron chi connectivity index (χ4n) is 3.21. The van der Waals surface area contributed by atoms with Crippen LogP contribution in [0.2, 0.25) is 0 Å². The van der Waals surface area contributed by atoms with E-state index in [0.717, 1.165) is 32.9 Å². The molecule has 1 aliphatic carbocycles. The second-order valence-corrected chi connectivity index (χ2v) is 9.68. The number of nitrogens with zero attached hydrogens (tertiary/aromatic N) is 1. The van der Waals surface area contributed by atoms with Gasteiger partial charge in [-0.1, -0.05) is 24.3 Å². The van der Waals surface area contributed by atoms with Crippen LogP contribution in [0.1, 0.15) is 32.9 Å². The number of carbonyl (C=O) groups is 3. The predicted molar refractivity (Wildman–Crippen MR) is 129 cm³/mol. The molecular weight excluding hydrogens is 458 g/mol. The van der Waals surface area contributed by atoms with Gasteiger partial charge in [-0.2, -0.15) is 0 Å². The van der Waals surface area contributed by atoms with Crippen LogP contribution in [0.4, 0.5) is 5.69 Å². The van der Waals surface area contributed by atoms with E-state index in [1.54, 1.807) is 41.7 Å². The van der Waals surface area contributed by atoms with E-state index in [1.807, 2.05) is 30.3 Å². The third-order valence-corrected chi connectivity index (χ3v) is 7.28. The zero-order valence-corrected chi connectivity index (χ0v) is 19.0. The smallest absolute Gasteiger partial charge is 0.348 e. The van der Waals surface area contributed by atoms with Crippen molar-refractivity contribution in [2.45, 2.75) is 18.9 Å². The molecule has 2 amide bonds. The number of hydrogen-bond acceptors (Lipinski definition) is 7. The highest BCUT2D eigenvalue weighted by Gasteiger charge is 2.25. The van der Waals surface area contributed by atoms with Crippen LogP contribution in [0.5, 0.6) is 0 Å². The maximum Gasteiger partial charge on any atom is 0.348 e. The first-order valence-electron chi connectivity index (χ1n) is 10.4. The topological polar surface area (TPSA) is 97.4 Å². The lowest BCUT2D eigenvalue weighted by Crippen LogP contribution is -2.27. The number of aromatic nitrogens is 1. The molecule has 0 aliphatic heterocycles. The number of anilines is 1. The predicted octanol–water partition coefficient (Wildman–Crippen LogP) is 4.71. The van der Waals surface area contributed by atoms with Crippen LogP contribution in [-0.2, 0) is 9.53 Å². The number of hydrogen-bond donors (Lipinski definition) is 2. The molecule has 4 aromatic rings. The summed E-state index contributed by atoms with van der Waals surface area (Å²) in [6.07, 6.45) is 1.94. The van der Waals surface area contributed by atoms with Gasteiger partial charge < -0.3 is 15.4 Å². The Balaban J connectivity index is 1.19. The zero-order valence-electron chi connectivity index (χ0n) is 17.4. The van der Waals surface area contributed by atoms with Gasteiger partial charge in [-0.25, -0.2) is 9.78 Å². The molecule has 1 aliphatic rings. The summed E-state index contributed by atoms with van der Waals surface area (Å²) in [6.45, 7) is -0.453. The van der Waals surface area contributed by atoms with Crippen LogP contribution >= 0.6 is 22.7 Å². The zero-order chi connectivity index (χ0) is 22.8. The van der Waals surface area contributed by atoms with Crippen molar-refractivity contribution in [2.75, 3.05) is 11.9 Å². The molecule has 2 heterocycles. The second-order valence-electron chi connectivity index (χ2n) is 7.57.